The minimum Gasteiger partial charge on any atom is -0.392 e. The Bertz CT molecular complexity index is 1380. The first kappa shape index (κ1) is 99.0. The van der Waals surface area contributed by atoms with Gasteiger partial charge in [-0.3, -0.25) is 9.69 Å². The standard InChI is InChI=1S/C52H101N3O6.2C10H20O.C5H14N2.H2S2/c1-3-5-7-9-11-13-19-28-37-50(59)46-55(47-51(60)38-29-20-14-12-10-8-6-4-2)43-35-39-52(61)53-49(48-58)36-27-21-24-32-42-54(40-30-22-15-17-25-33-44-56)41-31-23-16-18-26-34-45-57;2*1-3-4-5-6-7-8-9-10-11-2;1-6-4-5-7(2)3;1-2/h44-45,48-51,59-60H,3-43,46-47H2,1-2H3,(H,53,61);2*8-9H,3-7,10H2,1-2H3;6H,4-5H2,1-3H3;1-2H/b;2*9-8-;;. The maximum atomic E-state index is 12.9. The van der Waals surface area contributed by atoms with Gasteiger partial charge < -0.3 is 54.5 Å². The highest BCUT2D eigenvalue weighted by Gasteiger charge is 2.18. The lowest BCUT2D eigenvalue weighted by molar-refractivity contribution is -0.124. The van der Waals surface area contributed by atoms with Crippen LogP contribution < -0.4 is 10.6 Å². The van der Waals surface area contributed by atoms with Gasteiger partial charge in [0.15, 0.2) is 0 Å². The van der Waals surface area contributed by atoms with Crippen LogP contribution in [0.4, 0.5) is 0 Å². The average Bonchev–Trinajstić information content (AvgIpc) is 3.76. The first-order chi connectivity index (χ1) is 45.0. The molecule has 0 aliphatic rings. The molecule has 0 aromatic carbocycles. The summed E-state index contributed by atoms with van der Waals surface area (Å²) in [4.78, 5) is 53.0. The molecule has 0 saturated carbocycles. The lowest BCUT2D eigenvalue weighted by Crippen LogP contribution is -2.40. The number of methoxy groups -OCH3 is 2. The van der Waals surface area contributed by atoms with E-state index in [1.807, 2.05) is 7.05 Å². The van der Waals surface area contributed by atoms with Crippen molar-refractivity contribution in [1.29, 1.82) is 0 Å². The van der Waals surface area contributed by atoms with Crippen molar-refractivity contribution in [3.8, 4) is 0 Å². The summed E-state index contributed by atoms with van der Waals surface area (Å²) in [5.74, 6) is -0.0980. The molecule has 0 radical (unpaired) electrons. The van der Waals surface area contributed by atoms with Crippen molar-refractivity contribution in [3.63, 3.8) is 0 Å². The van der Waals surface area contributed by atoms with Crippen molar-refractivity contribution in [2.24, 2.45) is 0 Å². The Labute approximate surface area is 582 Å². The van der Waals surface area contributed by atoms with Crippen LogP contribution in [0.1, 0.15) is 329 Å². The van der Waals surface area contributed by atoms with Crippen LogP contribution in [0.25, 0.3) is 0 Å². The molecule has 0 saturated heterocycles. The zero-order valence-corrected chi connectivity index (χ0v) is 63.9. The monoisotopic (exact) mass is 1340 g/mol. The number of unbranched alkanes of at least 4 members (excludes halogenated alkanes) is 35. The highest BCUT2D eigenvalue weighted by molar-refractivity contribution is 8.59. The van der Waals surface area contributed by atoms with Crippen LogP contribution in [-0.4, -0.2) is 169 Å². The number of hydrogen-bond acceptors (Lipinski definition) is 14. The fourth-order valence-corrected chi connectivity index (χ4v) is 10.8. The van der Waals surface area contributed by atoms with Gasteiger partial charge in [-0.05, 0) is 131 Å². The molecular weight excluding hydrogens is 1190 g/mol. The van der Waals surface area contributed by atoms with Crippen LogP contribution >= 0.6 is 23.3 Å². The smallest absolute Gasteiger partial charge is 0.220 e. The second-order valence-corrected chi connectivity index (χ2v) is 26.0. The molecule has 1 amide bonds. The van der Waals surface area contributed by atoms with E-state index in [1.165, 1.54) is 180 Å². The van der Waals surface area contributed by atoms with Crippen LogP contribution in [0.15, 0.2) is 24.3 Å². The minimum absolute atomic E-state index is 0.0980. The summed E-state index contributed by atoms with van der Waals surface area (Å²) in [7, 11) is 9.54. The summed E-state index contributed by atoms with van der Waals surface area (Å²) in [5, 5.41) is 27.9. The van der Waals surface area contributed by atoms with Crippen molar-refractivity contribution in [3.05, 3.63) is 24.3 Å². The van der Waals surface area contributed by atoms with Crippen molar-refractivity contribution >= 4 is 48.1 Å². The second kappa shape index (κ2) is 91.4. The van der Waals surface area contributed by atoms with Gasteiger partial charge in [-0.2, -0.15) is 0 Å². The van der Waals surface area contributed by atoms with Crippen LogP contribution in [0.3, 0.4) is 0 Å². The molecule has 4 N–H and O–H groups in total. The first-order valence-corrected chi connectivity index (χ1v) is 39.8. The summed E-state index contributed by atoms with van der Waals surface area (Å²) >= 11 is 6.44. The lowest BCUT2D eigenvalue weighted by atomic mass is 10.0. The topological polar surface area (TPSA) is 161 Å². The van der Waals surface area contributed by atoms with Gasteiger partial charge in [-0.25, -0.2) is 0 Å². The lowest BCUT2D eigenvalue weighted by Gasteiger charge is -2.27. The van der Waals surface area contributed by atoms with E-state index in [4.69, 9.17) is 9.47 Å². The number of nitrogens with zero attached hydrogens (tertiary/aromatic N) is 3. The number of carbonyl (C=O) groups is 4. The zero-order valence-electron chi connectivity index (χ0n) is 62.2. The summed E-state index contributed by atoms with van der Waals surface area (Å²) in [5.41, 5.74) is 0. The molecule has 13 nitrogen and oxygen atoms in total. The van der Waals surface area contributed by atoms with Gasteiger partial charge in [0.1, 0.15) is 18.9 Å². The highest BCUT2D eigenvalue weighted by Crippen LogP contribution is 2.16. The van der Waals surface area contributed by atoms with Gasteiger partial charge in [0.05, 0.1) is 31.5 Å². The number of aliphatic hydroxyl groups is 2. The van der Waals surface area contributed by atoms with Crippen molar-refractivity contribution in [2.75, 3.05) is 101 Å². The molecule has 15 heteroatoms. The molecule has 0 heterocycles. The first-order valence-electron chi connectivity index (χ1n) is 38.2. The Morgan fingerprint density at radius 1 is 0.424 bits per heavy atom. The SMILES string of the molecule is CCCCCC/C=C\COC.CCCCCC/C=C\COC.CCCCCCCCCCC(O)CN(CCCC(=O)NC(C=O)CCCCCCN(CCCCCCCC=O)CCCCCCCC=O)CC(O)CCCCCCCCCC.CNCCN(C)C.SS. The molecule has 0 bridgehead atoms. The number of rotatable bonds is 68. The Hall–Kier alpha value is -1.66. The predicted octanol–water partition coefficient (Wildman–Crippen LogP) is 18.7. The summed E-state index contributed by atoms with van der Waals surface area (Å²) < 4.78 is 9.77. The van der Waals surface area contributed by atoms with Crippen LogP contribution in [0, 0.1) is 0 Å². The summed E-state index contributed by atoms with van der Waals surface area (Å²) in [6, 6.07) is -0.458. The number of nitrogens with one attached hydrogen (secondary N) is 2. The maximum Gasteiger partial charge on any atom is 0.220 e. The predicted molar refractivity (Wildman–Crippen MR) is 407 cm³/mol. The van der Waals surface area contributed by atoms with E-state index in [2.05, 4.69) is 115 Å². The Balaban J connectivity index is -0.000000657. The van der Waals surface area contributed by atoms with Gasteiger partial charge in [0.25, 0.3) is 0 Å². The maximum absolute atomic E-state index is 12.9. The van der Waals surface area contributed by atoms with E-state index < -0.39 is 18.2 Å². The van der Waals surface area contributed by atoms with Crippen LogP contribution in [0.2, 0.25) is 0 Å². The van der Waals surface area contributed by atoms with E-state index in [0.29, 0.717) is 51.7 Å². The van der Waals surface area contributed by atoms with E-state index in [0.717, 1.165) is 155 Å². The molecule has 0 spiro atoms. The fourth-order valence-electron chi connectivity index (χ4n) is 10.8. The third kappa shape index (κ3) is 92.5. The number of amides is 1. The van der Waals surface area contributed by atoms with Gasteiger partial charge in [-0.1, -0.05) is 251 Å². The van der Waals surface area contributed by atoms with E-state index >= 15 is 0 Å². The second-order valence-electron chi connectivity index (χ2n) is 26.0. The van der Waals surface area contributed by atoms with Crippen LogP contribution in [0.5, 0.6) is 0 Å². The Kier molecular flexibility index (Phi) is 98.4. The third-order valence-corrected chi connectivity index (χ3v) is 16.6. The molecule has 0 aromatic heterocycles. The number of aldehydes is 3. The molecule has 550 valence electrons. The summed E-state index contributed by atoms with van der Waals surface area (Å²) in [6.07, 6.45) is 63.8. The number of allylic oxidation sites excluding steroid dienone is 2. The fraction of sp³-hybridized carbons (Fsp3) is 0.896. The molecule has 0 fully saturated rings. The number of hydrogen-bond donors (Lipinski definition) is 6. The molecule has 0 aromatic rings. The normalized spacial score (nSPS) is 12.2. The number of aliphatic hydroxyl groups excluding tert-OH is 2. The molecule has 3 atom stereocenters. The molecular formula is C77H157N5O8S2. The minimum atomic E-state index is -0.458. The van der Waals surface area contributed by atoms with E-state index in [9.17, 15) is 29.4 Å². The molecule has 3 unspecified atom stereocenters. The van der Waals surface area contributed by atoms with E-state index in [1.54, 1.807) is 14.2 Å². The molecule has 0 rings (SSSR count). The quantitative estimate of drug-likeness (QED) is 0.0113. The van der Waals surface area contributed by atoms with Crippen molar-refractivity contribution in [1.82, 2.24) is 25.3 Å². The Morgan fingerprint density at radius 3 is 1.09 bits per heavy atom. The van der Waals surface area contributed by atoms with Crippen LogP contribution in [-0.2, 0) is 28.7 Å². The Morgan fingerprint density at radius 2 is 0.750 bits per heavy atom. The van der Waals surface area contributed by atoms with Gasteiger partial charge in [-0.15, -0.1) is 23.3 Å². The average molecular weight is 1350 g/mol. The van der Waals surface area contributed by atoms with Crippen molar-refractivity contribution in [2.45, 2.75) is 348 Å². The van der Waals surface area contributed by atoms with Gasteiger partial charge in [0, 0.05) is 59.7 Å². The molecule has 0 aliphatic heterocycles. The third-order valence-electron chi connectivity index (χ3n) is 16.6. The number of carbonyl (C=O) groups excluding carboxylic acids is 4. The summed E-state index contributed by atoms with van der Waals surface area (Å²) in [6.45, 7) is 17.7. The number of ether oxygens (including phenoxy) is 2. The molecule has 92 heavy (non-hydrogen) atoms. The highest BCUT2D eigenvalue weighted by atomic mass is 33.1. The molecule has 0 aliphatic carbocycles. The largest absolute Gasteiger partial charge is 0.392 e. The van der Waals surface area contributed by atoms with Gasteiger partial charge in [0.2, 0.25) is 5.91 Å². The number of likely N-dealkylation sites (N-methyl/N-ethyl adjacent to an activating group) is 2. The van der Waals surface area contributed by atoms with Crippen molar-refractivity contribution < 1.29 is 38.9 Å². The van der Waals surface area contributed by atoms with E-state index in [-0.39, 0.29) is 5.91 Å². The zero-order chi connectivity index (χ0) is 69.1. The van der Waals surface area contributed by atoms with Gasteiger partial charge >= 0.3 is 0 Å². The number of thiol groups is 2.